The second-order valence-electron chi connectivity index (χ2n) is 5.52. The van der Waals surface area contributed by atoms with E-state index in [1.807, 2.05) is 24.4 Å². The number of carbonyl (C=O) groups excluding carboxylic acids is 1. The molecule has 0 atom stereocenters. The minimum absolute atomic E-state index is 0.122. The topological polar surface area (TPSA) is 75.1 Å². The maximum atomic E-state index is 12.3. The van der Waals surface area contributed by atoms with Gasteiger partial charge < -0.3 is 10.3 Å². The molecular weight excluding hydrogens is 326 g/mol. The number of pyridine rings is 1. The van der Waals surface area contributed by atoms with Crippen LogP contribution in [0.2, 0.25) is 5.02 Å². The molecule has 3 heterocycles. The van der Waals surface area contributed by atoms with Crippen molar-refractivity contribution >= 4 is 34.1 Å². The maximum Gasteiger partial charge on any atom is 0.252 e. The quantitative estimate of drug-likeness (QED) is 0.600. The van der Waals surface area contributed by atoms with Gasteiger partial charge in [0.25, 0.3) is 5.91 Å². The number of nitrogens with one attached hydrogen (secondary N) is 2. The van der Waals surface area contributed by atoms with Gasteiger partial charge in [-0.1, -0.05) is 11.6 Å². The standard InChI is InChI=1S/C17H14ClN5O/c18-13-2-3-15-14(7-13)11(8-20-15)5-6-19-17(24)12-1-4-16-22-21-10-23(16)9-12/h1-4,7-10,20H,5-6H2,(H,19,24). The molecule has 0 bridgehead atoms. The largest absolute Gasteiger partial charge is 0.361 e. The van der Waals surface area contributed by atoms with Crippen LogP contribution in [0.3, 0.4) is 0 Å². The Bertz CT molecular complexity index is 1040. The van der Waals surface area contributed by atoms with E-state index in [1.54, 1.807) is 29.1 Å². The fraction of sp³-hybridized carbons (Fsp3) is 0.118. The van der Waals surface area contributed by atoms with Crippen LogP contribution in [0.5, 0.6) is 0 Å². The van der Waals surface area contributed by atoms with Crippen LogP contribution in [0.25, 0.3) is 16.6 Å². The van der Waals surface area contributed by atoms with Crippen LogP contribution in [0.15, 0.2) is 49.1 Å². The van der Waals surface area contributed by atoms with Crippen molar-refractivity contribution in [3.8, 4) is 0 Å². The van der Waals surface area contributed by atoms with Crippen molar-refractivity contribution in [2.75, 3.05) is 6.54 Å². The van der Waals surface area contributed by atoms with E-state index >= 15 is 0 Å². The summed E-state index contributed by atoms with van der Waals surface area (Å²) in [6.45, 7) is 0.540. The normalized spacial score (nSPS) is 11.2. The van der Waals surface area contributed by atoms with E-state index in [2.05, 4.69) is 20.5 Å². The van der Waals surface area contributed by atoms with Crippen LogP contribution in [-0.4, -0.2) is 32.0 Å². The van der Waals surface area contributed by atoms with Gasteiger partial charge in [0, 0.05) is 34.9 Å². The van der Waals surface area contributed by atoms with Gasteiger partial charge in [-0.05, 0) is 42.3 Å². The van der Waals surface area contributed by atoms with E-state index in [0.717, 1.165) is 22.9 Å². The number of amides is 1. The minimum atomic E-state index is -0.122. The molecule has 1 aromatic carbocycles. The SMILES string of the molecule is O=C(NCCc1c[nH]c2ccc(Cl)cc12)c1ccc2nncn2c1. The van der Waals surface area contributed by atoms with Gasteiger partial charge >= 0.3 is 0 Å². The average Bonchev–Trinajstić information content (AvgIpc) is 3.20. The number of nitrogens with zero attached hydrogens (tertiary/aromatic N) is 3. The Morgan fingerprint density at radius 1 is 1.29 bits per heavy atom. The molecule has 120 valence electrons. The number of benzene rings is 1. The van der Waals surface area contributed by atoms with Crippen LogP contribution in [0, 0.1) is 0 Å². The van der Waals surface area contributed by atoms with Crippen molar-refractivity contribution in [1.29, 1.82) is 0 Å². The van der Waals surface area contributed by atoms with E-state index in [4.69, 9.17) is 11.6 Å². The van der Waals surface area contributed by atoms with Gasteiger partial charge in [0.05, 0.1) is 5.56 Å². The van der Waals surface area contributed by atoms with Gasteiger partial charge in [-0.15, -0.1) is 10.2 Å². The summed E-state index contributed by atoms with van der Waals surface area (Å²) in [6, 6.07) is 9.25. The number of H-pyrrole nitrogens is 1. The first-order valence-electron chi connectivity index (χ1n) is 7.54. The highest BCUT2D eigenvalue weighted by Gasteiger charge is 2.08. The first-order chi connectivity index (χ1) is 11.7. The summed E-state index contributed by atoms with van der Waals surface area (Å²) in [7, 11) is 0. The third kappa shape index (κ3) is 2.72. The third-order valence-corrected chi connectivity index (χ3v) is 4.20. The Morgan fingerprint density at radius 3 is 3.12 bits per heavy atom. The highest BCUT2D eigenvalue weighted by Crippen LogP contribution is 2.22. The molecule has 0 aliphatic heterocycles. The smallest absolute Gasteiger partial charge is 0.252 e. The number of carbonyl (C=O) groups is 1. The summed E-state index contributed by atoms with van der Waals surface area (Å²) in [4.78, 5) is 15.5. The van der Waals surface area contributed by atoms with Gasteiger partial charge in [-0.25, -0.2) is 0 Å². The molecule has 3 aromatic heterocycles. The maximum absolute atomic E-state index is 12.3. The average molecular weight is 340 g/mol. The zero-order valence-corrected chi connectivity index (χ0v) is 13.4. The van der Waals surface area contributed by atoms with E-state index in [1.165, 1.54) is 0 Å². The Labute approximate surface area is 142 Å². The summed E-state index contributed by atoms with van der Waals surface area (Å²) in [5.74, 6) is -0.122. The molecule has 0 aliphatic rings. The van der Waals surface area contributed by atoms with E-state index in [9.17, 15) is 4.79 Å². The van der Waals surface area contributed by atoms with E-state index < -0.39 is 0 Å². The van der Waals surface area contributed by atoms with Crippen molar-refractivity contribution in [3.05, 3.63) is 65.2 Å². The summed E-state index contributed by atoms with van der Waals surface area (Å²) < 4.78 is 1.72. The molecule has 0 saturated heterocycles. The lowest BCUT2D eigenvalue weighted by molar-refractivity contribution is 0.0953. The van der Waals surface area contributed by atoms with Gasteiger partial charge in [0.1, 0.15) is 6.33 Å². The molecule has 0 unspecified atom stereocenters. The molecule has 0 fully saturated rings. The first kappa shape index (κ1) is 14.7. The molecule has 0 radical (unpaired) electrons. The van der Waals surface area contributed by atoms with Crippen LogP contribution in [0.4, 0.5) is 0 Å². The van der Waals surface area contributed by atoms with Crippen molar-refractivity contribution in [3.63, 3.8) is 0 Å². The van der Waals surface area contributed by atoms with Crippen LogP contribution >= 0.6 is 11.6 Å². The van der Waals surface area contributed by atoms with Gasteiger partial charge in [0.2, 0.25) is 0 Å². The molecule has 7 heteroatoms. The lowest BCUT2D eigenvalue weighted by Gasteiger charge is -2.05. The van der Waals surface area contributed by atoms with Gasteiger partial charge in [-0.3, -0.25) is 9.20 Å². The molecular formula is C17H14ClN5O. The summed E-state index contributed by atoms with van der Waals surface area (Å²) in [5, 5.41) is 12.4. The fourth-order valence-corrected chi connectivity index (χ4v) is 2.90. The van der Waals surface area contributed by atoms with Crippen LogP contribution in [-0.2, 0) is 6.42 Å². The zero-order valence-electron chi connectivity index (χ0n) is 12.7. The van der Waals surface area contributed by atoms with Gasteiger partial charge in [0.15, 0.2) is 5.65 Å². The summed E-state index contributed by atoms with van der Waals surface area (Å²) >= 11 is 6.05. The summed E-state index contributed by atoms with van der Waals surface area (Å²) in [5.41, 5.74) is 3.45. The molecule has 2 N–H and O–H groups in total. The Hall–Kier alpha value is -2.86. The number of aromatic amines is 1. The zero-order chi connectivity index (χ0) is 16.5. The number of rotatable bonds is 4. The highest BCUT2D eigenvalue weighted by atomic mass is 35.5. The summed E-state index contributed by atoms with van der Waals surface area (Å²) in [6.07, 6.45) is 5.97. The lowest BCUT2D eigenvalue weighted by atomic mass is 10.1. The van der Waals surface area contributed by atoms with Gasteiger partial charge in [-0.2, -0.15) is 0 Å². The number of halogens is 1. The monoisotopic (exact) mass is 339 g/mol. The third-order valence-electron chi connectivity index (χ3n) is 3.96. The Morgan fingerprint density at radius 2 is 2.21 bits per heavy atom. The number of hydrogen-bond acceptors (Lipinski definition) is 3. The minimum Gasteiger partial charge on any atom is -0.361 e. The Balaban J connectivity index is 1.44. The molecule has 0 saturated carbocycles. The molecule has 4 aromatic rings. The number of aromatic nitrogens is 4. The highest BCUT2D eigenvalue weighted by molar-refractivity contribution is 6.31. The van der Waals surface area contributed by atoms with Crippen LogP contribution in [0.1, 0.15) is 15.9 Å². The van der Waals surface area contributed by atoms with Crippen molar-refractivity contribution in [2.24, 2.45) is 0 Å². The van der Waals surface area contributed by atoms with Crippen molar-refractivity contribution in [1.82, 2.24) is 24.9 Å². The van der Waals surface area contributed by atoms with Crippen molar-refractivity contribution < 1.29 is 4.79 Å². The fourth-order valence-electron chi connectivity index (χ4n) is 2.73. The van der Waals surface area contributed by atoms with E-state index in [0.29, 0.717) is 22.8 Å². The lowest BCUT2D eigenvalue weighted by Crippen LogP contribution is -2.25. The molecule has 0 spiro atoms. The number of hydrogen-bond donors (Lipinski definition) is 2. The predicted molar refractivity (Wildman–Crippen MR) is 92.3 cm³/mol. The second-order valence-corrected chi connectivity index (χ2v) is 5.96. The molecule has 6 nitrogen and oxygen atoms in total. The van der Waals surface area contributed by atoms with E-state index in [-0.39, 0.29) is 5.91 Å². The van der Waals surface area contributed by atoms with Crippen molar-refractivity contribution in [2.45, 2.75) is 6.42 Å². The van der Waals surface area contributed by atoms with Crippen LogP contribution < -0.4 is 5.32 Å². The molecule has 1 amide bonds. The Kier molecular flexibility index (Phi) is 3.66. The number of fused-ring (bicyclic) bond motifs is 2. The molecule has 0 aliphatic carbocycles. The predicted octanol–water partition coefficient (Wildman–Crippen LogP) is 2.84. The molecule has 24 heavy (non-hydrogen) atoms. The first-order valence-corrected chi connectivity index (χ1v) is 7.91. The molecule has 4 rings (SSSR count). The second kappa shape index (κ2) is 5.98.